The van der Waals surface area contributed by atoms with Gasteiger partial charge in [-0.2, -0.15) is 13.2 Å². The number of benzene rings is 2. The van der Waals surface area contributed by atoms with Crippen LogP contribution in [0.2, 0.25) is 0 Å². The second kappa shape index (κ2) is 9.40. The fourth-order valence-electron chi connectivity index (χ4n) is 4.31. The summed E-state index contributed by atoms with van der Waals surface area (Å²) in [6.07, 6.45) is -3.69. The number of halogens is 5. The first-order valence-electron chi connectivity index (χ1n) is 10.8. The van der Waals surface area contributed by atoms with Gasteiger partial charge in [0.1, 0.15) is 0 Å². The first-order chi connectivity index (χ1) is 16.4. The monoisotopic (exact) mass is 553 g/mol. The average molecular weight is 554 g/mol. The molecule has 1 aliphatic rings. The standard InChI is InChI=1S/C23H24F5NO5S2/c1-22(2,36(33,34)16-6-4-5-15(11-16)23(26,27)28)14-7-9-29(10-8-14)21(30)17-12-18(24)19(25)13-20(17)35(3,31)32/h4-6,11-14H,7-10H2,1-3H3. The zero-order valence-corrected chi connectivity index (χ0v) is 21.2. The minimum Gasteiger partial charge on any atom is -0.339 e. The van der Waals surface area contributed by atoms with Gasteiger partial charge in [-0.15, -0.1) is 0 Å². The van der Waals surface area contributed by atoms with Crippen molar-refractivity contribution in [3.05, 3.63) is 59.2 Å². The van der Waals surface area contributed by atoms with Gasteiger partial charge >= 0.3 is 6.18 Å². The van der Waals surface area contributed by atoms with Gasteiger partial charge in [0.2, 0.25) is 0 Å². The Morgan fingerprint density at radius 2 is 1.50 bits per heavy atom. The number of hydrogen-bond acceptors (Lipinski definition) is 5. The molecule has 0 atom stereocenters. The van der Waals surface area contributed by atoms with E-state index in [-0.39, 0.29) is 25.9 Å². The van der Waals surface area contributed by atoms with E-state index in [0.717, 1.165) is 24.5 Å². The van der Waals surface area contributed by atoms with E-state index < -0.39 is 75.0 Å². The molecule has 1 fully saturated rings. The summed E-state index contributed by atoms with van der Waals surface area (Å²) in [5.41, 5.74) is -1.63. The molecule has 13 heteroatoms. The molecule has 0 aliphatic carbocycles. The Bertz CT molecular complexity index is 1390. The van der Waals surface area contributed by atoms with Crippen molar-refractivity contribution in [2.45, 2.75) is 47.4 Å². The maximum atomic E-state index is 13.8. The summed E-state index contributed by atoms with van der Waals surface area (Å²) >= 11 is 0. The lowest BCUT2D eigenvalue weighted by molar-refractivity contribution is -0.137. The smallest absolute Gasteiger partial charge is 0.339 e. The predicted molar refractivity (Wildman–Crippen MR) is 121 cm³/mol. The Morgan fingerprint density at radius 1 is 0.944 bits per heavy atom. The van der Waals surface area contributed by atoms with Gasteiger partial charge in [-0.3, -0.25) is 4.79 Å². The zero-order valence-electron chi connectivity index (χ0n) is 19.6. The third-order valence-corrected chi connectivity index (χ3v) is 10.3. The van der Waals surface area contributed by atoms with Crippen molar-refractivity contribution < 1.29 is 43.6 Å². The molecule has 0 N–H and O–H groups in total. The lowest BCUT2D eigenvalue weighted by Gasteiger charge is -2.40. The van der Waals surface area contributed by atoms with Crippen molar-refractivity contribution in [2.24, 2.45) is 5.92 Å². The van der Waals surface area contributed by atoms with Crippen molar-refractivity contribution in [2.75, 3.05) is 19.3 Å². The van der Waals surface area contributed by atoms with Crippen LogP contribution < -0.4 is 0 Å². The van der Waals surface area contributed by atoms with E-state index in [1.807, 2.05) is 0 Å². The highest BCUT2D eigenvalue weighted by Crippen LogP contribution is 2.40. The zero-order chi connectivity index (χ0) is 27.3. The molecule has 0 bridgehead atoms. The number of likely N-dealkylation sites (tertiary alicyclic amines) is 1. The Balaban J connectivity index is 1.84. The van der Waals surface area contributed by atoms with E-state index in [0.29, 0.717) is 18.2 Å². The van der Waals surface area contributed by atoms with E-state index in [2.05, 4.69) is 0 Å². The molecule has 3 rings (SSSR count). The first-order valence-corrected chi connectivity index (χ1v) is 14.1. The molecule has 1 amide bonds. The molecule has 0 saturated carbocycles. The summed E-state index contributed by atoms with van der Waals surface area (Å²) in [4.78, 5) is 13.1. The topological polar surface area (TPSA) is 88.6 Å². The highest BCUT2D eigenvalue weighted by molar-refractivity contribution is 7.92. The van der Waals surface area contributed by atoms with E-state index in [9.17, 15) is 43.6 Å². The molecule has 0 unspecified atom stereocenters. The van der Waals surface area contributed by atoms with E-state index in [4.69, 9.17) is 0 Å². The van der Waals surface area contributed by atoms with Gasteiger partial charge in [-0.1, -0.05) is 6.07 Å². The third-order valence-electron chi connectivity index (χ3n) is 6.58. The number of piperidine rings is 1. The summed E-state index contributed by atoms with van der Waals surface area (Å²) < 4.78 is 116. The Kier molecular flexibility index (Phi) is 7.32. The summed E-state index contributed by atoms with van der Waals surface area (Å²) in [5.74, 6) is -4.23. The van der Waals surface area contributed by atoms with Crippen LogP contribution in [-0.4, -0.2) is 51.7 Å². The molecule has 0 radical (unpaired) electrons. The number of amides is 1. The second-order valence-electron chi connectivity index (χ2n) is 9.23. The molecule has 2 aromatic rings. The fraction of sp³-hybridized carbons (Fsp3) is 0.435. The molecule has 2 aromatic carbocycles. The number of alkyl halides is 3. The third kappa shape index (κ3) is 5.26. The van der Waals surface area contributed by atoms with Gasteiger partial charge < -0.3 is 4.90 Å². The van der Waals surface area contributed by atoms with Crippen LogP contribution in [-0.2, 0) is 25.9 Å². The summed E-state index contributed by atoms with van der Waals surface area (Å²) in [5, 5.41) is 0. The number of rotatable bonds is 5. The second-order valence-corrected chi connectivity index (χ2v) is 13.7. The quantitative estimate of drug-likeness (QED) is 0.402. The molecular formula is C23H24F5NO5S2. The van der Waals surface area contributed by atoms with E-state index in [1.165, 1.54) is 18.7 Å². The average Bonchev–Trinajstić information content (AvgIpc) is 2.79. The Morgan fingerprint density at radius 3 is 2.03 bits per heavy atom. The fourth-order valence-corrected chi connectivity index (χ4v) is 7.00. The Hall–Kier alpha value is -2.54. The molecule has 0 spiro atoms. The van der Waals surface area contributed by atoms with Crippen LogP contribution in [0.1, 0.15) is 42.6 Å². The molecule has 198 valence electrons. The normalized spacial score (nSPS) is 16.3. The lowest BCUT2D eigenvalue weighted by Crippen LogP contribution is -2.47. The van der Waals surface area contributed by atoms with Crippen molar-refractivity contribution >= 4 is 25.6 Å². The van der Waals surface area contributed by atoms with Gasteiger partial charge in [0.25, 0.3) is 5.91 Å². The van der Waals surface area contributed by atoms with Crippen molar-refractivity contribution in [3.63, 3.8) is 0 Å². The highest BCUT2D eigenvalue weighted by atomic mass is 32.2. The lowest BCUT2D eigenvalue weighted by atomic mass is 9.85. The number of carbonyl (C=O) groups is 1. The minimum absolute atomic E-state index is 0.0206. The first kappa shape index (κ1) is 28.0. The maximum Gasteiger partial charge on any atom is 0.416 e. The summed E-state index contributed by atoms with van der Waals surface area (Å²) in [6, 6.07) is 4.44. The van der Waals surface area contributed by atoms with E-state index >= 15 is 0 Å². The van der Waals surface area contributed by atoms with Gasteiger partial charge in [0.05, 0.1) is 25.7 Å². The van der Waals surface area contributed by atoms with Crippen LogP contribution in [0.4, 0.5) is 22.0 Å². The number of nitrogens with zero attached hydrogens (tertiary/aromatic N) is 1. The summed E-state index contributed by atoms with van der Waals surface area (Å²) in [6.45, 7) is 2.77. The molecular weight excluding hydrogens is 529 g/mol. The SMILES string of the molecule is CC(C)(C1CCN(C(=O)c2cc(F)c(F)cc2S(C)(=O)=O)CC1)S(=O)(=O)c1cccc(C(F)(F)F)c1. The number of carbonyl (C=O) groups excluding carboxylic acids is 1. The molecule has 1 aliphatic heterocycles. The minimum atomic E-state index is -4.72. The van der Waals surface area contributed by atoms with Crippen LogP contribution in [0.15, 0.2) is 46.2 Å². The number of sulfone groups is 2. The molecule has 1 saturated heterocycles. The van der Waals surface area contributed by atoms with Crippen LogP contribution in [0, 0.1) is 17.6 Å². The Labute approximate surface area is 205 Å². The molecule has 36 heavy (non-hydrogen) atoms. The van der Waals surface area contributed by atoms with Gasteiger partial charge in [0, 0.05) is 19.3 Å². The van der Waals surface area contributed by atoms with Crippen LogP contribution in [0.3, 0.4) is 0 Å². The maximum absolute atomic E-state index is 13.8. The summed E-state index contributed by atoms with van der Waals surface area (Å²) in [7, 11) is -8.29. The van der Waals surface area contributed by atoms with Crippen LogP contribution >= 0.6 is 0 Å². The van der Waals surface area contributed by atoms with Gasteiger partial charge in [-0.05, 0) is 62.9 Å². The van der Waals surface area contributed by atoms with Gasteiger partial charge in [0.15, 0.2) is 31.3 Å². The number of hydrogen-bond donors (Lipinski definition) is 0. The van der Waals surface area contributed by atoms with Gasteiger partial charge in [-0.25, -0.2) is 25.6 Å². The largest absolute Gasteiger partial charge is 0.416 e. The van der Waals surface area contributed by atoms with Crippen LogP contribution in [0.25, 0.3) is 0 Å². The van der Waals surface area contributed by atoms with Crippen molar-refractivity contribution in [3.8, 4) is 0 Å². The molecule has 0 aromatic heterocycles. The van der Waals surface area contributed by atoms with E-state index in [1.54, 1.807) is 0 Å². The van der Waals surface area contributed by atoms with Crippen LogP contribution in [0.5, 0.6) is 0 Å². The molecule has 6 nitrogen and oxygen atoms in total. The molecule has 1 heterocycles. The highest BCUT2D eigenvalue weighted by Gasteiger charge is 2.45. The predicted octanol–water partition coefficient (Wildman–Crippen LogP) is 4.49. The van der Waals surface area contributed by atoms with Crippen molar-refractivity contribution in [1.29, 1.82) is 0 Å². The van der Waals surface area contributed by atoms with Crippen molar-refractivity contribution in [1.82, 2.24) is 4.90 Å².